The lowest BCUT2D eigenvalue weighted by atomic mass is 9.78. The lowest BCUT2D eigenvalue weighted by Gasteiger charge is -2.30. The summed E-state index contributed by atoms with van der Waals surface area (Å²) >= 11 is 0. The summed E-state index contributed by atoms with van der Waals surface area (Å²) in [5.41, 5.74) is 0.0144. The number of nitrogens with zero attached hydrogens (tertiary/aromatic N) is 1. The minimum absolute atomic E-state index is 0.0144. The van der Waals surface area contributed by atoms with E-state index in [1.807, 2.05) is 0 Å². The van der Waals surface area contributed by atoms with E-state index in [4.69, 9.17) is 0 Å². The van der Waals surface area contributed by atoms with E-state index in [1.165, 1.54) is 4.90 Å². The average molecular weight is 210 g/mol. The molecule has 0 saturated carbocycles. The van der Waals surface area contributed by atoms with E-state index in [2.05, 4.69) is 26.1 Å². The standard InChI is InChI=1S/C11H18N2O2/c1-11(2,3)8-7-6(5-12-8)9(14)13(4)10(7)15/h6-8,12H,5H2,1-4H3/t6-,7-,8-/m1/s1. The summed E-state index contributed by atoms with van der Waals surface area (Å²) < 4.78 is 0. The second kappa shape index (κ2) is 3.04. The van der Waals surface area contributed by atoms with Crippen LogP contribution in [0.15, 0.2) is 0 Å². The van der Waals surface area contributed by atoms with Crippen molar-refractivity contribution in [3.8, 4) is 0 Å². The molecule has 3 atom stereocenters. The number of carbonyl (C=O) groups is 2. The maximum atomic E-state index is 11.9. The third kappa shape index (κ3) is 1.39. The fourth-order valence-electron chi connectivity index (χ4n) is 2.72. The van der Waals surface area contributed by atoms with Gasteiger partial charge in [-0.3, -0.25) is 14.5 Å². The van der Waals surface area contributed by atoms with E-state index in [0.717, 1.165) is 0 Å². The fraction of sp³-hybridized carbons (Fsp3) is 0.818. The highest BCUT2D eigenvalue weighted by atomic mass is 16.2. The molecule has 2 rings (SSSR count). The summed E-state index contributed by atoms with van der Waals surface area (Å²) in [6.07, 6.45) is 0. The van der Waals surface area contributed by atoms with Crippen LogP contribution in [0.25, 0.3) is 0 Å². The van der Waals surface area contributed by atoms with Gasteiger partial charge in [-0.15, -0.1) is 0 Å². The summed E-state index contributed by atoms with van der Waals surface area (Å²) in [5, 5.41) is 3.31. The van der Waals surface area contributed by atoms with Gasteiger partial charge in [0.1, 0.15) is 0 Å². The molecule has 2 saturated heterocycles. The number of nitrogens with one attached hydrogen (secondary N) is 1. The van der Waals surface area contributed by atoms with Crippen LogP contribution in [0.3, 0.4) is 0 Å². The number of imide groups is 1. The summed E-state index contributed by atoms with van der Waals surface area (Å²) in [7, 11) is 1.59. The van der Waals surface area contributed by atoms with E-state index in [-0.39, 0.29) is 35.1 Å². The molecule has 0 aromatic rings. The van der Waals surface area contributed by atoms with Crippen LogP contribution in [-0.4, -0.2) is 36.3 Å². The topological polar surface area (TPSA) is 49.4 Å². The maximum Gasteiger partial charge on any atom is 0.234 e. The highest BCUT2D eigenvalue weighted by Crippen LogP contribution is 2.39. The van der Waals surface area contributed by atoms with Gasteiger partial charge >= 0.3 is 0 Å². The second-order valence-electron chi connectivity index (χ2n) is 5.62. The van der Waals surface area contributed by atoms with Gasteiger partial charge in [0.15, 0.2) is 0 Å². The van der Waals surface area contributed by atoms with Crippen LogP contribution < -0.4 is 5.32 Å². The van der Waals surface area contributed by atoms with Gasteiger partial charge in [-0.2, -0.15) is 0 Å². The lowest BCUT2D eigenvalue weighted by Crippen LogP contribution is -2.44. The van der Waals surface area contributed by atoms with Gasteiger partial charge in [0.05, 0.1) is 11.8 Å². The smallest absolute Gasteiger partial charge is 0.234 e. The zero-order valence-corrected chi connectivity index (χ0v) is 9.70. The summed E-state index contributed by atoms with van der Waals surface area (Å²) in [6.45, 7) is 6.94. The van der Waals surface area contributed by atoms with Crippen LogP contribution in [0.4, 0.5) is 0 Å². The number of rotatable bonds is 0. The molecule has 4 nitrogen and oxygen atoms in total. The van der Waals surface area contributed by atoms with Crippen LogP contribution >= 0.6 is 0 Å². The van der Waals surface area contributed by atoms with Crippen LogP contribution in [-0.2, 0) is 9.59 Å². The van der Waals surface area contributed by atoms with Crippen LogP contribution in [0, 0.1) is 17.3 Å². The van der Waals surface area contributed by atoms with E-state index >= 15 is 0 Å². The van der Waals surface area contributed by atoms with E-state index in [9.17, 15) is 9.59 Å². The normalized spacial score (nSPS) is 36.3. The van der Waals surface area contributed by atoms with Crippen molar-refractivity contribution in [1.82, 2.24) is 10.2 Å². The largest absolute Gasteiger partial charge is 0.312 e. The van der Waals surface area contributed by atoms with Gasteiger partial charge in [0, 0.05) is 19.6 Å². The Bertz CT molecular complexity index is 319. The Morgan fingerprint density at radius 2 is 1.87 bits per heavy atom. The van der Waals surface area contributed by atoms with Crippen molar-refractivity contribution in [3.63, 3.8) is 0 Å². The van der Waals surface area contributed by atoms with Gasteiger partial charge in [0.25, 0.3) is 0 Å². The molecule has 0 unspecified atom stereocenters. The molecular formula is C11H18N2O2. The van der Waals surface area contributed by atoms with Gasteiger partial charge < -0.3 is 5.32 Å². The molecule has 2 aliphatic heterocycles. The Labute approximate surface area is 90.0 Å². The fourth-order valence-corrected chi connectivity index (χ4v) is 2.72. The third-order valence-electron chi connectivity index (χ3n) is 3.55. The number of fused-ring (bicyclic) bond motifs is 1. The van der Waals surface area contributed by atoms with Crippen molar-refractivity contribution >= 4 is 11.8 Å². The number of carbonyl (C=O) groups excluding carboxylic acids is 2. The Balaban J connectivity index is 2.31. The van der Waals surface area contributed by atoms with Crippen molar-refractivity contribution < 1.29 is 9.59 Å². The third-order valence-corrected chi connectivity index (χ3v) is 3.55. The van der Waals surface area contributed by atoms with Crippen LogP contribution in [0.2, 0.25) is 0 Å². The predicted molar refractivity (Wildman–Crippen MR) is 56.0 cm³/mol. The minimum Gasteiger partial charge on any atom is -0.312 e. The maximum absolute atomic E-state index is 11.9. The Morgan fingerprint density at radius 3 is 2.40 bits per heavy atom. The molecule has 0 bridgehead atoms. The summed E-state index contributed by atoms with van der Waals surface area (Å²) in [6, 6.07) is 0.115. The molecule has 0 spiro atoms. The van der Waals surface area contributed by atoms with Crippen LogP contribution in [0.5, 0.6) is 0 Å². The van der Waals surface area contributed by atoms with Crippen molar-refractivity contribution in [2.24, 2.45) is 17.3 Å². The minimum atomic E-state index is -0.150. The molecule has 0 radical (unpaired) electrons. The molecule has 4 heteroatoms. The van der Waals surface area contributed by atoms with Crippen molar-refractivity contribution in [2.75, 3.05) is 13.6 Å². The van der Waals surface area contributed by atoms with Crippen molar-refractivity contribution in [1.29, 1.82) is 0 Å². The molecule has 1 N–H and O–H groups in total. The number of likely N-dealkylation sites (tertiary alicyclic amines) is 1. The first-order valence-corrected chi connectivity index (χ1v) is 5.39. The van der Waals surface area contributed by atoms with Gasteiger partial charge in [-0.1, -0.05) is 20.8 Å². The average Bonchev–Trinajstić information content (AvgIpc) is 2.63. The Kier molecular flexibility index (Phi) is 2.15. The quantitative estimate of drug-likeness (QED) is 0.582. The number of amides is 2. The highest BCUT2D eigenvalue weighted by molar-refractivity contribution is 6.05. The first-order valence-electron chi connectivity index (χ1n) is 5.39. The summed E-state index contributed by atoms with van der Waals surface area (Å²) in [4.78, 5) is 24.9. The number of hydrogen-bond donors (Lipinski definition) is 1. The molecular weight excluding hydrogens is 192 g/mol. The molecule has 2 aliphatic rings. The van der Waals surface area contributed by atoms with Gasteiger partial charge in [0.2, 0.25) is 11.8 Å². The molecule has 0 aromatic carbocycles. The zero-order valence-electron chi connectivity index (χ0n) is 9.70. The monoisotopic (exact) mass is 210 g/mol. The molecule has 2 heterocycles. The molecule has 2 amide bonds. The van der Waals surface area contributed by atoms with Gasteiger partial charge in [-0.25, -0.2) is 0 Å². The molecule has 15 heavy (non-hydrogen) atoms. The van der Waals surface area contributed by atoms with Crippen molar-refractivity contribution in [3.05, 3.63) is 0 Å². The first kappa shape index (κ1) is 10.6. The SMILES string of the molecule is CN1C(=O)[C@H]2[C@H](C(C)(C)C)NC[C@H]2C1=O. The molecule has 2 fully saturated rings. The van der Waals surface area contributed by atoms with E-state index < -0.39 is 0 Å². The molecule has 0 aromatic heterocycles. The second-order valence-corrected chi connectivity index (χ2v) is 5.62. The molecule has 84 valence electrons. The van der Waals surface area contributed by atoms with Gasteiger partial charge in [-0.05, 0) is 5.41 Å². The highest BCUT2D eigenvalue weighted by Gasteiger charge is 2.55. The van der Waals surface area contributed by atoms with Crippen molar-refractivity contribution in [2.45, 2.75) is 26.8 Å². The first-order chi connectivity index (χ1) is 6.84. The van der Waals surface area contributed by atoms with Crippen LogP contribution in [0.1, 0.15) is 20.8 Å². The van der Waals surface area contributed by atoms with E-state index in [1.54, 1.807) is 7.05 Å². The Morgan fingerprint density at radius 1 is 1.27 bits per heavy atom. The zero-order chi connectivity index (χ0) is 11.4. The predicted octanol–water partition coefficient (Wildman–Crippen LogP) is 0.235. The Hall–Kier alpha value is -0.900. The lowest BCUT2D eigenvalue weighted by molar-refractivity contribution is -0.139. The molecule has 0 aliphatic carbocycles. The van der Waals surface area contributed by atoms with E-state index in [0.29, 0.717) is 6.54 Å². The number of hydrogen-bond acceptors (Lipinski definition) is 3. The summed E-state index contributed by atoms with van der Waals surface area (Å²) in [5.74, 6) is -0.326.